The molecule has 1 heterocycles. The Morgan fingerprint density at radius 1 is 1.15 bits per heavy atom. The van der Waals surface area contributed by atoms with Gasteiger partial charge in [-0.05, 0) is 30.3 Å². The van der Waals surface area contributed by atoms with Crippen molar-refractivity contribution < 1.29 is 18.7 Å². The summed E-state index contributed by atoms with van der Waals surface area (Å²) in [6, 6.07) is 5.61. The van der Waals surface area contributed by atoms with Gasteiger partial charge in [-0.15, -0.1) is 0 Å². The van der Waals surface area contributed by atoms with Crippen LogP contribution in [-0.4, -0.2) is 28.3 Å². The van der Waals surface area contributed by atoms with Gasteiger partial charge in [0.05, 0.1) is 18.8 Å². The number of nitrogens with zero attached hydrogens (tertiary/aromatic N) is 2. The monoisotopic (exact) mass is 362 g/mol. The summed E-state index contributed by atoms with van der Waals surface area (Å²) < 4.78 is 25.3. The van der Waals surface area contributed by atoms with Gasteiger partial charge in [0.25, 0.3) is 5.56 Å². The molecule has 0 aliphatic carbocycles. The summed E-state index contributed by atoms with van der Waals surface area (Å²) in [6.45, 7) is 0.444. The highest BCUT2D eigenvalue weighted by molar-refractivity contribution is 5.86. The average Bonchev–Trinajstić information content (AvgIpc) is 2.63. The molecule has 0 saturated heterocycles. The van der Waals surface area contributed by atoms with E-state index in [4.69, 9.17) is 9.47 Å². The summed E-state index contributed by atoms with van der Waals surface area (Å²) in [5, 5.41) is 0. The molecule has 1 aromatic carbocycles. The van der Waals surface area contributed by atoms with Crippen molar-refractivity contribution in [1.82, 2.24) is 9.13 Å². The van der Waals surface area contributed by atoms with E-state index in [0.29, 0.717) is 18.8 Å². The minimum Gasteiger partial charge on any atom is -0.493 e. The Balaban J connectivity index is 1.78. The van der Waals surface area contributed by atoms with Crippen LogP contribution in [0.4, 0.5) is 4.39 Å². The largest absolute Gasteiger partial charge is 0.493 e. The Hall–Kier alpha value is -3.16. The van der Waals surface area contributed by atoms with Crippen LogP contribution in [0.2, 0.25) is 0 Å². The van der Waals surface area contributed by atoms with Crippen molar-refractivity contribution >= 4 is 12.0 Å². The lowest BCUT2D eigenvalue weighted by Crippen LogP contribution is -2.37. The maximum atomic E-state index is 12.7. The summed E-state index contributed by atoms with van der Waals surface area (Å²) >= 11 is 0. The van der Waals surface area contributed by atoms with E-state index in [2.05, 4.69) is 0 Å². The molecular weight excluding hydrogens is 343 g/mol. The number of carbonyl (C=O) groups excluding carboxylic acids is 1. The van der Waals surface area contributed by atoms with Crippen LogP contribution in [0.15, 0.2) is 46.1 Å². The fraction of sp³-hybridized carbons (Fsp3) is 0.278. The predicted octanol–water partition coefficient (Wildman–Crippen LogP) is 1.25. The molecule has 26 heavy (non-hydrogen) atoms. The number of carbonyl (C=O) groups is 1. The van der Waals surface area contributed by atoms with Gasteiger partial charge in [-0.1, -0.05) is 0 Å². The molecule has 2 rings (SSSR count). The Kier molecular flexibility index (Phi) is 6.48. The van der Waals surface area contributed by atoms with Gasteiger partial charge >= 0.3 is 11.7 Å². The molecule has 0 bridgehead atoms. The van der Waals surface area contributed by atoms with Crippen molar-refractivity contribution in [3.63, 3.8) is 0 Å². The maximum Gasteiger partial charge on any atom is 0.330 e. The van der Waals surface area contributed by atoms with E-state index >= 15 is 0 Å². The Morgan fingerprint density at radius 2 is 1.85 bits per heavy atom. The Morgan fingerprint density at radius 3 is 2.54 bits per heavy atom. The molecule has 0 aliphatic heterocycles. The minimum atomic E-state index is -0.609. The van der Waals surface area contributed by atoms with Gasteiger partial charge in [0.1, 0.15) is 11.6 Å². The van der Waals surface area contributed by atoms with Gasteiger partial charge in [-0.3, -0.25) is 9.36 Å². The molecule has 7 nitrogen and oxygen atoms in total. The van der Waals surface area contributed by atoms with Crippen molar-refractivity contribution in [3.8, 4) is 5.75 Å². The van der Waals surface area contributed by atoms with Gasteiger partial charge in [-0.25, -0.2) is 14.0 Å². The first-order valence-electron chi connectivity index (χ1n) is 7.88. The SMILES string of the molecule is Cn1cc(/C=C/C(=O)OCCCOc2ccc(F)cc2)c(=O)n(C)c1=O. The highest BCUT2D eigenvalue weighted by Crippen LogP contribution is 2.11. The first kappa shape index (κ1) is 19.2. The zero-order valence-electron chi connectivity index (χ0n) is 14.5. The summed E-state index contributed by atoms with van der Waals surface area (Å²) in [6.07, 6.45) is 4.24. The molecule has 0 spiro atoms. The molecule has 0 amide bonds. The lowest BCUT2D eigenvalue weighted by Gasteiger charge is -2.06. The lowest BCUT2D eigenvalue weighted by atomic mass is 10.3. The molecule has 8 heteroatoms. The van der Waals surface area contributed by atoms with E-state index in [0.717, 1.165) is 10.6 Å². The average molecular weight is 362 g/mol. The second-order valence-electron chi connectivity index (χ2n) is 5.50. The summed E-state index contributed by atoms with van der Waals surface area (Å²) in [4.78, 5) is 35.2. The fourth-order valence-electron chi connectivity index (χ4n) is 2.11. The Bertz CT molecular complexity index is 913. The number of aryl methyl sites for hydroxylation is 1. The number of benzene rings is 1. The molecule has 1 aromatic heterocycles. The van der Waals surface area contributed by atoms with Gasteiger partial charge in [-0.2, -0.15) is 0 Å². The lowest BCUT2D eigenvalue weighted by molar-refractivity contribution is -0.137. The normalized spacial score (nSPS) is 10.9. The number of esters is 1. The summed E-state index contributed by atoms with van der Waals surface area (Å²) in [7, 11) is 2.88. The van der Waals surface area contributed by atoms with Crippen molar-refractivity contribution in [2.24, 2.45) is 14.1 Å². The van der Waals surface area contributed by atoms with Crippen molar-refractivity contribution in [1.29, 1.82) is 0 Å². The zero-order valence-corrected chi connectivity index (χ0v) is 14.5. The third-order valence-corrected chi connectivity index (χ3v) is 3.49. The first-order valence-corrected chi connectivity index (χ1v) is 7.88. The fourth-order valence-corrected chi connectivity index (χ4v) is 2.11. The molecule has 0 N–H and O–H groups in total. The number of hydrogen-bond acceptors (Lipinski definition) is 5. The number of rotatable bonds is 7. The molecule has 0 saturated carbocycles. The zero-order chi connectivity index (χ0) is 19.1. The maximum absolute atomic E-state index is 12.7. The van der Waals surface area contributed by atoms with E-state index in [9.17, 15) is 18.8 Å². The molecule has 0 fully saturated rings. The molecule has 0 unspecified atom stereocenters. The van der Waals surface area contributed by atoms with Crippen molar-refractivity contribution in [3.05, 3.63) is 68.8 Å². The third kappa shape index (κ3) is 5.17. The molecule has 0 atom stereocenters. The number of ether oxygens (including phenoxy) is 2. The summed E-state index contributed by atoms with van der Waals surface area (Å²) in [5.74, 6) is -0.419. The molecule has 0 radical (unpaired) electrons. The summed E-state index contributed by atoms with van der Waals surface area (Å²) in [5.41, 5.74) is -0.744. The van der Waals surface area contributed by atoms with Crippen LogP contribution in [-0.2, 0) is 23.6 Å². The minimum absolute atomic E-state index is 0.135. The van der Waals surface area contributed by atoms with E-state index < -0.39 is 17.2 Å². The van der Waals surface area contributed by atoms with Gasteiger partial charge in [0.2, 0.25) is 0 Å². The van der Waals surface area contributed by atoms with E-state index in [1.54, 1.807) is 0 Å². The second-order valence-corrected chi connectivity index (χ2v) is 5.50. The first-order chi connectivity index (χ1) is 12.4. The second kappa shape index (κ2) is 8.80. The van der Waals surface area contributed by atoms with Crippen LogP contribution in [0.1, 0.15) is 12.0 Å². The van der Waals surface area contributed by atoms with Crippen LogP contribution >= 0.6 is 0 Å². The molecule has 138 valence electrons. The van der Waals surface area contributed by atoms with Crippen molar-refractivity contribution in [2.45, 2.75) is 6.42 Å². The topological polar surface area (TPSA) is 79.5 Å². The van der Waals surface area contributed by atoms with Gasteiger partial charge < -0.3 is 14.0 Å². The van der Waals surface area contributed by atoms with Crippen molar-refractivity contribution in [2.75, 3.05) is 13.2 Å². The van der Waals surface area contributed by atoms with E-state index in [1.807, 2.05) is 0 Å². The highest BCUT2D eigenvalue weighted by atomic mass is 19.1. The molecule has 0 aliphatic rings. The third-order valence-electron chi connectivity index (χ3n) is 3.49. The number of aromatic nitrogens is 2. The predicted molar refractivity (Wildman–Crippen MR) is 93.4 cm³/mol. The van der Waals surface area contributed by atoms with Crippen LogP contribution in [0, 0.1) is 5.82 Å². The van der Waals surface area contributed by atoms with Crippen LogP contribution in [0.3, 0.4) is 0 Å². The molecular formula is C18H19FN2O5. The van der Waals surface area contributed by atoms with E-state index in [1.165, 1.54) is 55.2 Å². The van der Waals surface area contributed by atoms with Crippen LogP contribution in [0.5, 0.6) is 5.75 Å². The van der Waals surface area contributed by atoms with E-state index in [-0.39, 0.29) is 18.0 Å². The standard InChI is InChI=1S/C18H19FN2O5/c1-20-12-13(17(23)21(2)18(20)24)4-9-16(22)26-11-3-10-25-15-7-5-14(19)6-8-15/h4-9,12H,3,10-11H2,1-2H3/b9-4+. The highest BCUT2D eigenvalue weighted by Gasteiger charge is 2.05. The number of hydrogen-bond donors (Lipinski definition) is 0. The van der Waals surface area contributed by atoms with Crippen LogP contribution in [0.25, 0.3) is 6.08 Å². The van der Waals surface area contributed by atoms with Gasteiger partial charge in [0.15, 0.2) is 0 Å². The Labute approximate surface area is 148 Å². The number of halogens is 1. The molecule has 2 aromatic rings. The quantitative estimate of drug-likeness (QED) is 0.421. The van der Waals surface area contributed by atoms with Crippen LogP contribution < -0.4 is 16.0 Å². The van der Waals surface area contributed by atoms with Gasteiger partial charge in [0, 0.05) is 32.8 Å². The smallest absolute Gasteiger partial charge is 0.330 e.